The Morgan fingerprint density at radius 1 is 1.35 bits per heavy atom. The fraction of sp³-hybridized carbons (Fsp3) is 0.154. The Morgan fingerprint density at radius 3 is 2.88 bits per heavy atom. The molecule has 3 nitrogen and oxygen atoms in total. The Balaban J connectivity index is 2.18. The molecule has 17 heavy (non-hydrogen) atoms. The van der Waals surface area contributed by atoms with Crippen LogP contribution in [0, 0.1) is 0 Å². The molecule has 0 radical (unpaired) electrons. The second-order valence-electron chi connectivity index (χ2n) is 3.86. The van der Waals surface area contributed by atoms with E-state index in [-0.39, 0.29) is 6.42 Å². The molecule has 0 unspecified atom stereocenters. The van der Waals surface area contributed by atoms with Crippen molar-refractivity contribution < 1.29 is 9.90 Å². The van der Waals surface area contributed by atoms with Gasteiger partial charge in [-0.1, -0.05) is 12.1 Å². The molecule has 0 fully saturated rings. The number of thiophene rings is 1. The van der Waals surface area contributed by atoms with Gasteiger partial charge in [0.05, 0.1) is 6.42 Å². The second-order valence-corrected chi connectivity index (χ2v) is 4.86. The number of anilines is 1. The highest BCUT2D eigenvalue weighted by atomic mass is 32.1. The number of nitrogen functional groups attached to an aromatic ring is 1. The van der Waals surface area contributed by atoms with Crippen molar-refractivity contribution >= 4 is 23.0 Å². The zero-order chi connectivity index (χ0) is 12.3. The molecule has 0 aliphatic carbocycles. The van der Waals surface area contributed by atoms with E-state index >= 15 is 0 Å². The van der Waals surface area contributed by atoms with Crippen molar-refractivity contribution in [3.8, 4) is 0 Å². The van der Waals surface area contributed by atoms with Gasteiger partial charge in [-0.2, -0.15) is 0 Å². The SMILES string of the molecule is Nc1cccc(Cc2ccsc2CC(=O)O)c1. The molecule has 2 aromatic rings. The second kappa shape index (κ2) is 5.01. The van der Waals surface area contributed by atoms with Gasteiger partial charge in [0.2, 0.25) is 0 Å². The van der Waals surface area contributed by atoms with Gasteiger partial charge in [0.1, 0.15) is 0 Å². The van der Waals surface area contributed by atoms with E-state index in [0.717, 1.165) is 28.1 Å². The van der Waals surface area contributed by atoms with Crippen molar-refractivity contribution in [1.82, 2.24) is 0 Å². The predicted octanol–water partition coefficient (Wildman–Crippen LogP) is 2.55. The maximum Gasteiger partial charge on any atom is 0.308 e. The van der Waals surface area contributed by atoms with Gasteiger partial charge in [0.15, 0.2) is 0 Å². The first-order valence-corrected chi connectivity index (χ1v) is 6.14. The highest BCUT2D eigenvalue weighted by Gasteiger charge is 2.09. The number of aliphatic carboxylic acids is 1. The van der Waals surface area contributed by atoms with Crippen molar-refractivity contribution in [3.05, 3.63) is 51.7 Å². The largest absolute Gasteiger partial charge is 0.481 e. The molecule has 0 atom stereocenters. The lowest BCUT2D eigenvalue weighted by atomic mass is 10.0. The Hall–Kier alpha value is -1.81. The standard InChI is InChI=1S/C13H13NO2S/c14-11-3-1-2-9(7-11)6-10-4-5-17-12(10)8-13(15)16/h1-5,7H,6,8,14H2,(H,15,16). The van der Waals surface area contributed by atoms with Gasteiger partial charge in [0.25, 0.3) is 0 Å². The number of carboxylic acid groups (broad SMARTS) is 1. The molecule has 4 heteroatoms. The first kappa shape index (κ1) is 11.7. The van der Waals surface area contributed by atoms with E-state index in [4.69, 9.17) is 10.8 Å². The molecule has 1 aromatic carbocycles. The highest BCUT2D eigenvalue weighted by Crippen LogP contribution is 2.21. The van der Waals surface area contributed by atoms with Crippen LogP contribution < -0.4 is 5.73 Å². The van der Waals surface area contributed by atoms with Crippen molar-refractivity contribution in [3.63, 3.8) is 0 Å². The van der Waals surface area contributed by atoms with Gasteiger partial charge in [-0.3, -0.25) is 4.79 Å². The Bertz CT molecular complexity index is 534. The van der Waals surface area contributed by atoms with E-state index in [1.807, 2.05) is 35.7 Å². The molecule has 0 aliphatic heterocycles. The fourth-order valence-corrected chi connectivity index (χ4v) is 2.63. The summed E-state index contributed by atoms with van der Waals surface area (Å²) in [7, 11) is 0. The monoisotopic (exact) mass is 247 g/mol. The lowest BCUT2D eigenvalue weighted by Crippen LogP contribution is -2.01. The van der Waals surface area contributed by atoms with E-state index < -0.39 is 5.97 Å². The molecule has 0 bridgehead atoms. The maximum atomic E-state index is 10.7. The van der Waals surface area contributed by atoms with Crippen LogP contribution in [-0.4, -0.2) is 11.1 Å². The normalized spacial score (nSPS) is 10.4. The minimum atomic E-state index is -0.790. The average Bonchev–Trinajstić information content (AvgIpc) is 2.65. The van der Waals surface area contributed by atoms with Gasteiger partial charge in [-0.25, -0.2) is 0 Å². The summed E-state index contributed by atoms with van der Waals surface area (Å²) in [6.07, 6.45) is 0.826. The average molecular weight is 247 g/mol. The van der Waals surface area contributed by atoms with Gasteiger partial charge in [-0.05, 0) is 41.1 Å². The van der Waals surface area contributed by atoms with Crippen molar-refractivity contribution in [2.45, 2.75) is 12.8 Å². The summed E-state index contributed by atoms with van der Waals surface area (Å²) in [6, 6.07) is 9.65. The third-order valence-corrected chi connectivity index (χ3v) is 3.46. The van der Waals surface area contributed by atoms with E-state index in [0.29, 0.717) is 0 Å². The summed E-state index contributed by atoms with van der Waals surface area (Å²) in [6.45, 7) is 0. The van der Waals surface area contributed by atoms with Crippen LogP contribution in [0.1, 0.15) is 16.0 Å². The minimum absolute atomic E-state index is 0.0926. The lowest BCUT2D eigenvalue weighted by Gasteiger charge is -2.03. The first-order valence-electron chi connectivity index (χ1n) is 5.26. The summed E-state index contributed by atoms with van der Waals surface area (Å²) in [4.78, 5) is 11.6. The van der Waals surface area contributed by atoms with Crippen LogP contribution in [0.5, 0.6) is 0 Å². The quantitative estimate of drug-likeness (QED) is 0.816. The van der Waals surface area contributed by atoms with Crippen LogP contribution in [0.4, 0.5) is 5.69 Å². The van der Waals surface area contributed by atoms with Crippen LogP contribution in [0.3, 0.4) is 0 Å². The van der Waals surface area contributed by atoms with Gasteiger partial charge < -0.3 is 10.8 Å². The Morgan fingerprint density at radius 2 is 2.18 bits per heavy atom. The third-order valence-electron chi connectivity index (χ3n) is 2.50. The molecule has 1 heterocycles. The maximum absolute atomic E-state index is 10.7. The molecule has 0 saturated carbocycles. The highest BCUT2D eigenvalue weighted by molar-refractivity contribution is 7.10. The van der Waals surface area contributed by atoms with Gasteiger partial charge in [-0.15, -0.1) is 11.3 Å². The molecule has 2 rings (SSSR count). The molecule has 0 aliphatic rings. The summed E-state index contributed by atoms with van der Waals surface area (Å²) in [5.41, 5.74) is 8.63. The van der Waals surface area contributed by atoms with Gasteiger partial charge in [0, 0.05) is 10.6 Å². The van der Waals surface area contributed by atoms with E-state index in [1.54, 1.807) is 0 Å². The number of rotatable bonds is 4. The van der Waals surface area contributed by atoms with Crippen molar-refractivity contribution in [2.24, 2.45) is 0 Å². The summed E-state index contributed by atoms with van der Waals surface area (Å²) in [5, 5.41) is 10.7. The van der Waals surface area contributed by atoms with Crippen LogP contribution in [0.15, 0.2) is 35.7 Å². The Labute approximate surface area is 104 Å². The van der Waals surface area contributed by atoms with Crippen LogP contribution in [0.2, 0.25) is 0 Å². The number of hydrogen-bond acceptors (Lipinski definition) is 3. The zero-order valence-electron chi connectivity index (χ0n) is 9.22. The third kappa shape index (κ3) is 3.07. The number of nitrogens with two attached hydrogens (primary N) is 1. The van der Waals surface area contributed by atoms with E-state index in [1.165, 1.54) is 11.3 Å². The van der Waals surface area contributed by atoms with Crippen molar-refractivity contribution in [2.75, 3.05) is 5.73 Å². The smallest absolute Gasteiger partial charge is 0.308 e. The first-order chi connectivity index (χ1) is 8.15. The lowest BCUT2D eigenvalue weighted by molar-refractivity contribution is -0.136. The summed E-state index contributed by atoms with van der Waals surface area (Å²) < 4.78 is 0. The molecule has 0 saturated heterocycles. The molecule has 88 valence electrons. The van der Waals surface area contributed by atoms with Crippen LogP contribution in [-0.2, 0) is 17.6 Å². The molecular weight excluding hydrogens is 234 g/mol. The zero-order valence-corrected chi connectivity index (χ0v) is 10.0. The number of carboxylic acids is 1. The van der Waals surface area contributed by atoms with Gasteiger partial charge >= 0.3 is 5.97 Å². The predicted molar refractivity (Wildman–Crippen MR) is 69.3 cm³/mol. The number of hydrogen-bond donors (Lipinski definition) is 2. The summed E-state index contributed by atoms with van der Waals surface area (Å²) in [5.74, 6) is -0.790. The van der Waals surface area contributed by atoms with Crippen LogP contribution >= 0.6 is 11.3 Å². The molecule has 0 spiro atoms. The van der Waals surface area contributed by atoms with Crippen molar-refractivity contribution in [1.29, 1.82) is 0 Å². The topological polar surface area (TPSA) is 63.3 Å². The summed E-state index contributed by atoms with van der Waals surface area (Å²) >= 11 is 1.49. The van der Waals surface area contributed by atoms with E-state index in [9.17, 15) is 4.79 Å². The Kier molecular flexibility index (Phi) is 3.44. The molecule has 0 amide bonds. The van der Waals surface area contributed by atoms with Crippen LogP contribution in [0.25, 0.3) is 0 Å². The molecular formula is C13H13NO2S. The number of benzene rings is 1. The van der Waals surface area contributed by atoms with E-state index in [2.05, 4.69) is 0 Å². The minimum Gasteiger partial charge on any atom is -0.481 e. The number of carbonyl (C=O) groups is 1. The molecule has 3 N–H and O–H groups in total. The fourth-order valence-electron chi connectivity index (χ4n) is 1.74. The molecule has 1 aromatic heterocycles.